The third kappa shape index (κ3) is 6.12. The lowest BCUT2D eigenvalue weighted by atomic mass is 10.0. The van der Waals surface area contributed by atoms with Gasteiger partial charge in [-0.2, -0.15) is 0 Å². The summed E-state index contributed by atoms with van der Waals surface area (Å²) in [5.41, 5.74) is 6.34. The third-order valence-electron chi connectivity index (χ3n) is 7.30. The van der Waals surface area contributed by atoms with Crippen LogP contribution in [0.25, 0.3) is 16.6 Å². The number of carbonyl (C=O) groups excluding carboxylic acids is 2. The second-order valence-electron chi connectivity index (χ2n) is 10.5. The van der Waals surface area contributed by atoms with Gasteiger partial charge in [-0.05, 0) is 79.6 Å². The van der Waals surface area contributed by atoms with Crippen LogP contribution >= 0.6 is 0 Å². The summed E-state index contributed by atoms with van der Waals surface area (Å²) >= 11 is 0. The van der Waals surface area contributed by atoms with Crippen LogP contribution in [0.1, 0.15) is 21.7 Å². The van der Waals surface area contributed by atoms with Crippen LogP contribution in [0.4, 0.5) is 17.2 Å². The molecule has 42 heavy (non-hydrogen) atoms. The van der Waals surface area contributed by atoms with E-state index in [1.165, 1.54) is 5.56 Å². The molecule has 0 atom stereocenters. The fraction of sp³-hybridized carbons (Fsp3) is 0.206. The van der Waals surface area contributed by atoms with E-state index in [-0.39, 0.29) is 5.69 Å². The smallest absolute Gasteiger partial charge is 0.298 e. The zero-order chi connectivity index (χ0) is 29.8. The van der Waals surface area contributed by atoms with Crippen molar-refractivity contribution in [1.82, 2.24) is 9.38 Å². The number of hydrogen-bond acceptors (Lipinski definition) is 6. The Kier molecular flexibility index (Phi) is 8.24. The van der Waals surface area contributed by atoms with E-state index in [2.05, 4.69) is 39.2 Å². The van der Waals surface area contributed by atoms with Crippen molar-refractivity contribution in [2.75, 3.05) is 49.4 Å². The summed E-state index contributed by atoms with van der Waals surface area (Å²) < 4.78 is 7.09. The first kappa shape index (κ1) is 28.4. The zero-order valence-corrected chi connectivity index (χ0v) is 24.6. The van der Waals surface area contributed by atoms with Gasteiger partial charge in [-0.3, -0.25) is 9.59 Å². The number of aryl methyl sites for hydroxylation is 2. The lowest BCUT2D eigenvalue weighted by Gasteiger charge is -2.25. The number of benzene rings is 2. The Morgan fingerprint density at radius 1 is 0.881 bits per heavy atom. The molecule has 0 bridgehead atoms. The van der Waals surface area contributed by atoms with E-state index in [4.69, 9.17) is 4.74 Å². The minimum atomic E-state index is -0.710. The molecule has 1 amide bonds. The highest BCUT2D eigenvalue weighted by Crippen LogP contribution is 2.30. The van der Waals surface area contributed by atoms with Crippen LogP contribution < -0.4 is 19.9 Å². The summed E-state index contributed by atoms with van der Waals surface area (Å²) in [4.78, 5) is 35.8. The molecular formula is C34H35N5O3. The summed E-state index contributed by atoms with van der Waals surface area (Å²) in [6.45, 7) is 5.65. The Balaban J connectivity index is 1.29. The summed E-state index contributed by atoms with van der Waals surface area (Å²) in [6, 6.07) is 26.8. The summed E-state index contributed by atoms with van der Waals surface area (Å²) in [5.74, 6) is 0.196. The van der Waals surface area contributed by atoms with Crippen LogP contribution in [0.15, 0.2) is 91.1 Å². The molecular weight excluding hydrogens is 526 g/mol. The molecule has 0 spiro atoms. The number of fused-ring (bicyclic) bond motifs is 1. The molecule has 3 heterocycles. The van der Waals surface area contributed by atoms with Gasteiger partial charge in [-0.15, -0.1) is 0 Å². The largest absolute Gasteiger partial charge is 0.495 e. The second kappa shape index (κ2) is 12.2. The number of nitrogens with zero attached hydrogens (tertiary/aromatic N) is 4. The maximum Gasteiger partial charge on any atom is 0.298 e. The van der Waals surface area contributed by atoms with Gasteiger partial charge < -0.3 is 24.3 Å². The normalized spacial score (nSPS) is 10.9. The molecule has 0 aliphatic carbocycles. The number of likely N-dealkylation sites (N-methyl/N-ethyl adjacent to an activating group) is 2. The van der Waals surface area contributed by atoms with E-state index in [0.717, 1.165) is 41.4 Å². The molecule has 214 valence electrons. The molecule has 0 fully saturated rings. The SMILES string of the molecule is COc1ccc2cc(-c3ccccc3)c(C(=O)C(=O)Nc3ccc(N(C)CCN(C)c4cc(C)cc(C)n4)cc3)n2c1. The van der Waals surface area contributed by atoms with Crippen molar-refractivity contribution >= 4 is 34.4 Å². The molecule has 0 unspecified atom stereocenters. The Morgan fingerprint density at radius 2 is 1.60 bits per heavy atom. The second-order valence-corrected chi connectivity index (χ2v) is 10.5. The number of pyridine rings is 2. The minimum Gasteiger partial charge on any atom is -0.495 e. The number of aromatic nitrogens is 2. The van der Waals surface area contributed by atoms with Crippen LogP contribution in [0, 0.1) is 13.8 Å². The Hall–Kier alpha value is -5.11. The van der Waals surface area contributed by atoms with Crippen LogP contribution in [0.3, 0.4) is 0 Å². The first-order valence-electron chi connectivity index (χ1n) is 13.8. The van der Waals surface area contributed by atoms with E-state index < -0.39 is 11.7 Å². The van der Waals surface area contributed by atoms with Gasteiger partial charge in [0.2, 0.25) is 0 Å². The van der Waals surface area contributed by atoms with Gasteiger partial charge in [-0.1, -0.05) is 30.3 Å². The van der Waals surface area contributed by atoms with Gasteiger partial charge in [0.25, 0.3) is 11.7 Å². The fourth-order valence-corrected chi connectivity index (χ4v) is 4.99. The van der Waals surface area contributed by atoms with Crippen LogP contribution in [-0.4, -0.2) is 55.4 Å². The minimum absolute atomic E-state index is 0.284. The number of hydrogen-bond donors (Lipinski definition) is 1. The summed E-state index contributed by atoms with van der Waals surface area (Å²) in [7, 11) is 5.63. The van der Waals surface area contributed by atoms with Gasteiger partial charge in [0.1, 0.15) is 17.3 Å². The lowest BCUT2D eigenvalue weighted by molar-refractivity contribution is -0.112. The van der Waals surface area contributed by atoms with E-state index in [9.17, 15) is 9.59 Å². The number of ketones is 1. The van der Waals surface area contributed by atoms with Crippen molar-refractivity contribution in [3.63, 3.8) is 0 Å². The number of anilines is 3. The van der Waals surface area contributed by atoms with Crippen molar-refractivity contribution in [2.24, 2.45) is 0 Å². The molecule has 0 aliphatic heterocycles. The Labute approximate surface area is 246 Å². The van der Waals surface area contributed by atoms with Crippen molar-refractivity contribution in [2.45, 2.75) is 13.8 Å². The molecule has 8 heteroatoms. The fourth-order valence-electron chi connectivity index (χ4n) is 4.99. The molecule has 0 saturated heterocycles. The number of carbonyl (C=O) groups is 2. The van der Waals surface area contributed by atoms with Gasteiger partial charge >= 0.3 is 0 Å². The van der Waals surface area contributed by atoms with Crippen LogP contribution in [0.2, 0.25) is 0 Å². The van der Waals surface area contributed by atoms with Crippen LogP contribution in [-0.2, 0) is 4.79 Å². The van der Waals surface area contributed by atoms with Crippen molar-refractivity contribution in [3.8, 4) is 16.9 Å². The van der Waals surface area contributed by atoms with E-state index in [0.29, 0.717) is 17.0 Å². The van der Waals surface area contributed by atoms with Crippen molar-refractivity contribution in [1.29, 1.82) is 0 Å². The number of ether oxygens (including phenoxy) is 1. The number of amides is 1. The zero-order valence-electron chi connectivity index (χ0n) is 24.6. The first-order valence-corrected chi connectivity index (χ1v) is 13.8. The quantitative estimate of drug-likeness (QED) is 0.166. The average molecular weight is 562 g/mol. The molecule has 3 aromatic heterocycles. The molecule has 0 saturated carbocycles. The molecule has 0 radical (unpaired) electrons. The Morgan fingerprint density at radius 3 is 2.29 bits per heavy atom. The van der Waals surface area contributed by atoms with E-state index in [1.54, 1.807) is 17.7 Å². The average Bonchev–Trinajstić information content (AvgIpc) is 3.38. The van der Waals surface area contributed by atoms with Gasteiger partial charge in [0.15, 0.2) is 0 Å². The molecule has 0 aliphatic rings. The standard InChI is InChI=1S/C34H35N5O3/c1-23-19-24(2)35-31(20-23)38(4)18-17-37(3)27-13-11-26(12-14-27)36-34(41)33(40)32-30(25-9-7-6-8-10-25)21-28-15-16-29(42-5)22-39(28)32/h6-16,19-22H,17-18H2,1-5H3,(H,36,41). The first-order chi connectivity index (χ1) is 20.2. The predicted molar refractivity (Wildman–Crippen MR) is 169 cm³/mol. The molecule has 8 nitrogen and oxygen atoms in total. The van der Waals surface area contributed by atoms with Gasteiger partial charge in [-0.25, -0.2) is 4.98 Å². The Bertz CT molecular complexity index is 1710. The molecule has 5 aromatic rings. The van der Waals surface area contributed by atoms with E-state index >= 15 is 0 Å². The molecule has 2 aromatic carbocycles. The van der Waals surface area contributed by atoms with Crippen molar-refractivity contribution < 1.29 is 14.3 Å². The number of methoxy groups -OCH3 is 1. The van der Waals surface area contributed by atoms with Crippen LogP contribution in [0.5, 0.6) is 5.75 Å². The maximum absolute atomic E-state index is 13.6. The maximum atomic E-state index is 13.6. The van der Waals surface area contributed by atoms with Gasteiger partial charge in [0, 0.05) is 55.3 Å². The molecule has 5 rings (SSSR count). The van der Waals surface area contributed by atoms with E-state index in [1.807, 2.05) is 93.8 Å². The summed E-state index contributed by atoms with van der Waals surface area (Å²) in [6.07, 6.45) is 1.72. The highest BCUT2D eigenvalue weighted by atomic mass is 16.5. The molecule has 1 N–H and O–H groups in total. The highest BCUT2D eigenvalue weighted by molar-refractivity contribution is 6.47. The lowest BCUT2D eigenvalue weighted by Crippen LogP contribution is -2.31. The highest BCUT2D eigenvalue weighted by Gasteiger charge is 2.25. The number of Topliss-reactive ketones (excluding diaryl/α,β-unsaturated/α-hetero) is 1. The van der Waals surface area contributed by atoms with Crippen molar-refractivity contribution in [3.05, 3.63) is 108 Å². The van der Waals surface area contributed by atoms with Gasteiger partial charge in [0.05, 0.1) is 13.3 Å². The monoisotopic (exact) mass is 561 g/mol. The summed E-state index contributed by atoms with van der Waals surface area (Å²) in [5, 5.41) is 2.78. The topological polar surface area (TPSA) is 79.2 Å². The third-order valence-corrected chi connectivity index (χ3v) is 7.30. The number of rotatable bonds is 10. The number of nitrogens with one attached hydrogen (secondary N) is 1. The predicted octanol–water partition coefficient (Wildman–Crippen LogP) is 6.02.